The lowest BCUT2D eigenvalue weighted by molar-refractivity contribution is -0.143. The van der Waals surface area contributed by atoms with Crippen LogP contribution in [0.4, 0.5) is 19.2 Å². The molecular weight excluding hydrogens is 861 g/mol. The summed E-state index contributed by atoms with van der Waals surface area (Å²) in [6.45, 7) is 13.2. The Morgan fingerprint density at radius 3 is 1.23 bits per heavy atom. The number of aliphatic carboxylic acids is 2. The number of alkyl carbamates (subject to hydrolysis) is 4. The van der Waals surface area contributed by atoms with Crippen molar-refractivity contribution in [2.24, 2.45) is 11.8 Å². The molecule has 0 saturated carbocycles. The first-order valence-corrected chi connectivity index (χ1v) is 21.4. The number of hydrogen-bond donors (Lipinski definition) is 8. The van der Waals surface area contributed by atoms with Crippen molar-refractivity contribution in [3.8, 4) is 11.8 Å². The van der Waals surface area contributed by atoms with Gasteiger partial charge in [0, 0.05) is 38.0 Å². The van der Waals surface area contributed by atoms with Gasteiger partial charge in [0.2, 0.25) is 0 Å². The largest absolute Gasteiger partial charge is 0.480 e. The number of benzene rings is 2. The molecule has 4 rings (SSSR count). The average molecular weight is 921 g/mol. The third-order valence-electron chi connectivity index (χ3n) is 10.7. The zero-order valence-electron chi connectivity index (χ0n) is 38.3. The Balaban J connectivity index is 1.25. The summed E-state index contributed by atoms with van der Waals surface area (Å²) in [6.07, 6.45) is -3.09. The number of carbonyl (C=O) groups is 8. The maximum absolute atomic E-state index is 13.7. The van der Waals surface area contributed by atoms with Gasteiger partial charge in [0.25, 0.3) is 0 Å². The molecule has 2 aromatic carbocycles. The number of carboxylic acid groups (broad SMARTS) is 2. The van der Waals surface area contributed by atoms with Crippen LogP contribution in [0, 0.1) is 23.7 Å². The lowest BCUT2D eigenvalue weighted by Crippen LogP contribution is -2.47. The van der Waals surface area contributed by atoms with E-state index in [9.17, 15) is 48.6 Å². The lowest BCUT2D eigenvalue weighted by atomic mass is 9.82. The van der Waals surface area contributed by atoms with Crippen LogP contribution < -0.4 is 31.9 Å². The van der Waals surface area contributed by atoms with Crippen molar-refractivity contribution in [2.75, 3.05) is 26.3 Å². The maximum atomic E-state index is 13.7. The van der Waals surface area contributed by atoms with Gasteiger partial charge in [-0.3, -0.25) is 19.2 Å². The molecule has 8 N–H and O–H groups in total. The Hall–Kier alpha value is -6.72. The minimum absolute atomic E-state index is 0.0298. The summed E-state index contributed by atoms with van der Waals surface area (Å²) < 4.78 is 20.7. The molecule has 2 heterocycles. The molecule has 8 unspecified atom stereocenters. The number of carbonyl (C=O) groups excluding carboxylic acids is 6. The van der Waals surface area contributed by atoms with Gasteiger partial charge in [-0.25, -0.2) is 19.2 Å². The van der Waals surface area contributed by atoms with Crippen LogP contribution in [0.1, 0.15) is 89.5 Å². The minimum atomic E-state index is -1.28. The summed E-state index contributed by atoms with van der Waals surface area (Å²) in [6, 6.07) is 9.30. The normalized spacial score (nSPS) is 21.1. The summed E-state index contributed by atoms with van der Waals surface area (Å²) in [5.41, 5.74) is 1.38. The zero-order valence-corrected chi connectivity index (χ0v) is 38.3. The number of rotatable bonds is 16. The molecule has 0 aliphatic carbocycles. The average Bonchev–Trinajstić information content (AvgIpc) is 3.86. The second-order valence-corrected chi connectivity index (χ2v) is 17.9. The molecule has 8 atom stereocenters. The Labute approximate surface area is 383 Å². The van der Waals surface area contributed by atoms with Crippen molar-refractivity contribution in [1.82, 2.24) is 31.9 Å². The van der Waals surface area contributed by atoms with E-state index in [0.717, 1.165) is 11.1 Å². The molecule has 2 fully saturated rings. The number of nitrogens with one attached hydrogen (secondary N) is 6. The van der Waals surface area contributed by atoms with E-state index in [1.165, 1.54) is 0 Å². The molecule has 2 aromatic rings. The van der Waals surface area contributed by atoms with Crippen molar-refractivity contribution in [3.63, 3.8) is 0 Å². The van der Waals surface area contributed by atoms with E-state index in [4.69, 9.17) is 18.9 Å². The molecule has 2 saturated heterocycles. The van der Waals surface area contributed by atoms with Crippen LogP contribution in [-0.2, 0) is 51.2 Å². The lowest BCUT2D eigenvalue weighted by Gasteiger charge is -2.24. The molecule has 0 radical (unpaired) electrons. The number of hydrogen-bond acceptors (Lipinski definition) is 14. The number of carboxylic acids is 2. The predicted molar refractivity (Wildman–Crippen MR) is 236 cm³/mol. The van der Waals surface area contributed by atoms with Gasteiger partial charge in [0.1, 0.15) is 34.9 Å². The summed E-state index contributed by atoms with van der Waals surface area (Å²) >= 11 is 0. The predicted octanol–water partition coefficient (Wildman–Crippen LogP) is 3.32. The molecule has 4 amide bonds. The van der Waals surface area contributed by atoms with E-state index >= 15 is 0 Å². The Kier molecular flexibility index (Phi) is 18.1. The number of Topliss-reactive ketones (excluding diaryl/α,β-unsaturated/α-hetero) is 2. The van der Waals surface area contributed by atoms with Crippen molar-refractivity contribution < 1.29 is 67.5 Å². The van der Waals surface area contributed by atoms with E-state index in [0.29, 0.717) is 11.1 Å². The van der Waals surface area contributed by atoms with Crippen LogP contribution >= 0.6 is 0 Å². The van der Waals surface area contributed by atoms with E-state index < -0.39 is 120 Å². The first kappa shape index (κ1) is 51.9. The molecule has 2 aliphatic rings. The van der Waals surface area contributed by atoms with Crippen LogP contribution in [0.3, 0.4) is 0 Å². The molecule has 66 heavy (non-hydrogen) atoms. The third kappa shape index (κ3) is 15.5. The second-order valence-electron chi connectivity index (χ2n) is 17.9. The van der Waals surface area contributed by atoms with Crippen molar-refractivity contribution in [1.29, 1.82) is 0 Å². The summed E-state index contributed by atoms with van der Waals surface area (Å²) in [5.74, 6) is -2.17. The van der Waals surface area contributed by atoms with E-state index in [2.05, 4.69) is 43.7 Å². The van der Waals surface area contributed by atoms with Crippen LogP contribution in [0.2, 0.25) is 0 Å². The molecule has 20 heteroatoms. The summed E-state index contributed by atoms with van der Waals surface area (Å²) in [4.78, 5) is 101. The minimum Gasteiger partial charge on any atom is -0.480 e. The number of ether oxygens (including phenoxy) is 4. The highest BCUT2D eigenvalue weighted by atomic mass is 16.6. The van der Waals surface area contributed by atoms with Gasteiger partial charge in [0.15, 0.2) is 13.2 Å². The van der Waals surface area contributed by atoms with Crippen LogP contribution in [0.5, 0.6) is 0 Å². The fourth-order valence-corrected chi connectivity index (χ4v) is 7.39. The van der Waals surface area contributed by atoms with Crippen LogP contribution in [0.25, 0.3) is 0 Å². The highest BCUT2D eigenvalue weighted by Gasteiger charge is 2.48. The number of ketones is 2. The van der Waals surface area contributed by atoms with E-state index in [1.54, 1.807) is 104 Å². The quantitative estimate of drug-likeness (QED) is 0.0885. The van der Waals surface area contributed by atoms with E-state index in [1.807, 2.05) is 0 Å². The molecule has 2 aliphatic heterocycles. The van der Waals surface area contributed by atoms with Gasteiger partial charge < -0.3 is 61.1 Å². The Morgan fingerprint density at radius 2 is 0.924 bits per heavy atom. The fourth-order valence-electron chi connectivity index (χ4n) is 7.39. The first-order chi connectivity index (χ1) is 30.9. The van der Waals surface area contributed by atoms with Gasteiger partial charge in [-0.05, 0) is 63.8 Å². The van der Waals surface area contributed by atoms with Crippen molar-refractivity contribution in [3.05, 3.63) is 70.8 Å². The van der Waals surface area contributed by atoms with Crippen LogP contribution in [0.15, 0.2) is 48.5 Å². The maximum Gasteiger partial charge on any atom is 0.408 e. The molecular formula is C46H60N6O14. The highest BCUT2D eigenvalue weighted by molar-refractivity contribution is 5.95. The van der Waals surface area contributed by atoms with Gasteiger partial charge >= 0.3 is 36.3 Å². The van der Waals surface area contributed by atoms with Gasteiger partial charge in [0.05, 0.1) is 23.9 Å². The first-order valence-electron chi connectivity index (χ1n) is 21.4. The molecule has 358 valence electrons. The van der Waals surface area contributed by atoms with Gasteiger partial charge in [-0.1, -0.05) is 74.2 Å². The number of amides is 4. The van der Waals surface area contributed by atoms with Crippen molar-refractivity contribution in [2.45, 2.75) is 116 Å². The van der Waals surface area contributed by atoms with Gasteiger partial charge in [-0.15, -0.1) is 0 Å². The van der Waals surface area contributed by atoms with Crippen LogP contribution in [-0.4, -0.2) is 120 Å². The molecule has 0 spiro atoms. The monoisotopic (exact) mass is 920 g/mol. The van der Waals surface area contributed by atoms with Crippen molar-refractivity contribution >= 4 is 47.9 Å². The summed E-state index contributed by atoms with van der Waals surface area (Å²) in [5, 5.41) is 35.7. The smallest absolute Gasteiger partial charge is 0.408 e. The molecule has 0 aromatic heterocycles. The Bertz CT molecular complexity index is 2010. The third-order valence-corrected chi connectivity index (χ3v) is 10.7. The zero-order chi connectivity index (χ0) is 48.9. The SMILES string of the molecule is CC(C(=O)C1C(NC(=O)OCC#CCOC(=O)NC2CNC(C(=O)O)C2C(=O)C(C)c2ccc(CNC(=O)OC(C)(C)C)cc2)CNC1C(=O)O)c1ccc(CNC(=O)OC(C)(C)C)cc1. The topological polar surface area (TPSA) is 286 Å². The van der Waals surface area contributed by atoms with Gasteiger partial charge in [-0.2, -0.15) is 0 Å². The Morgan fingerprint density at radius 1 is 0.591 bits per heavy atom. The fraction of sp³-hybridized carbons (Fsp3) is 0.522. The summed E-state index contributed by atoms with van der Waals surface area (Å²) in [7, 11) is 0. The second kappa shape index (κ2) is 22.9. The van der Waals surface area contributed by atoms with E-state index in [-0.39, 0.29) is 26.2 Å². The molecule has 0 bridgehead atoms. The highest BCUT2D eigenvalue weighted by Crippen LogP contribution is 2.29. The molecule has 20 nitrogen and oxygen atoms in total. The standard InChI is InChI=1S/C46H60N6O14/c1-25(29-15-11-27(12-16-29)21-49-41(59)65-45(3,4)5)37(53)33-31(23-47-35(33)39(55)56)51-43(61)63-19-9-10-20-64-44(62)52-32-24-48-36(40(57)58)34(32)38(54)26(2)30-17-13-28(14-18-30)22-50-42(60)66-46(6,7)8/h11-18,25-26,31-36,47-48H,19-24H2,1-8H3,(H,49,59)(H,50,60)(H,51,61)(H,52,62)(H,55,56)(H,57,58).